The van der Waals surface area contributed by atoms with E-state index >= 15 is 0 Å². The number of amides is 1. The van der Waals surface area contributed by atoms with Crippen molar-refractivity contribution < 1.29 is 4.79 Å². The van der Waals surface area contributed by atoms with Gasteiger partial charge in [-0.3, -0.25) is 4.79 Å². The maximum absolute atomic E-state index is 10.6. The summed E-state index contributed by atoms with van der Waals surface area (Å²) >= 11 is 0. The molecular formula is C14H26N2O. The van der Waals surface area contributed by atoms with E-state index in [-0.39, 0.29) is 5.91 Å². The minimum atomic E-state index is -0.169. The highest BCUT2D eigenvalue weighted by Gasteiger charge is 2.46. The normalized spacial score (nSPS) is 26.7. The Balaban J connectivity index is 1.61. The van der Waals surface area contributed by atoms with Crippen molar-refractivity contribution in [1.82, 2.24) is 5.32 Å². The Hall–Kier alpha value is -0.570. The van der Waals surface area contributed by atoms with Gasteiger partial charge < -0.3 is 11.1 Å². The van der Waals surface area contributed by atoms with Crippen molar-refractivity contribution in [3.63, 3.8) is 0 Å². The Morgan fingerprint density at radius 2 is 1.94 bits per heavy atom. The van der Waals surface area contributed by atoms with Crippen molar-refractivity contribution in [3.05, 3.63) is 0 Å². The summed E-state index contributed by atoms with van der Waals surface area (Å²) in [5, 5.41) is 3.70. The molecule has 0 radical (unpaired) electrons. The lowest BCUT2D eigenvalue weighted by molar-refractivity contribution is -0.118. The molecule has 0 saturated heterocycles. The maximum Gasteiger partial charge on any atom is 0.217 e. The Bertz CT molecular complexity index is 259. The van der Waals surface area contributed by atoms with Crippen LogP contribution in [0.2, 0.25) is 0 Å². The molecule has 2 rings (SSSR count). The highest BCUT2D eigenvalue weighted by molar-refractivity contribution is 5.73. The van der Waals surface area contributed by atoms with Crippen LogP contribution in [0.5, 0.6) is 0 Å². The second-order valence-electron chi connectivity index (χ2n) is 5.89. The number of unbranched alkanes of at least 4 members (excludes halogenated alkanes) is 1. The van der Waals surface area contributed by atoms with Gasteiger partial charge in [-0.05, 0) is 50.5 Å². The van der Waals surface area contributed by atoms with Gasteiger partial charge in [0.15, 0.2) is 0 Å². The van der Waals surface area contributed by atoms with Gasteiger partial charge in [0.2, 0.25) is 5.91 Å². The van der Waals surface area contributed by atoms with Gasteiger partial charge in [-0.2, -0.15) is 0 Å². The Kier molecular flexibility index (Phi) is 4.43. The molecule has 0 aliphatic heterocycles. The molecule has 1 amide bonds. The van der Waals surface area contributed by atoms with E-state index in [0.717, 1.165) is 25.4 Å². The summed E-state index contributed by atoms with van der Waals surface area (Å²) in [5.74, 6) is -0.169. The highest BCUT2D eigenvalue weighted by Crippen LogP contribution is 2.51. The van der Waals surface area contributed by atoms with Crippen LogP contribution in [-0.4, -0.2) is 18.5 Å². The number of carbonyl (C=O) groups is 1. The summed E-state index contributed by atoms with van der Waals surface area (Å²) in [6.45, 7) is 1.06. The van der Waals surface area contributed by atoms with Crippen LogP contribution in [0, 0.1) is 5.41 Å². The smallest absolute Gasteiger partial charge is 0.217 e. The second kappa shape index (κ2) is 5.85. The number of nitrogens with two attached hydrogens (primary N) is 1. The van der Waals surface area contributed by atoms with E-state index in [0.29, 0.717) is 11.8 Å². The number of rotatable bonds is 6. The monoisotopic (exact) mass is 238 g/mol. The lowest BCUT2D eigenvalue weighted by atomic mass is 9.57. The van der Waals surface area contributed by atoms with Crippen molar-refractivity contribution in [2.75, 3.05) is 6.54 Å². The van der Waals surface area contributed by atoms with E-state index in [9.17, 15) is 4.79 Å². The van der Waals surface area contributed by atoms with Crippen LogP contribution in [0.1, 0.15) is 64.2 Å². The summed E-state index contributed by atoms with van der Waals surface area (Å²) in [5.41, 5.74) is 5.78. The van der Waals surface area contributed by atoms with Crippen LogP contribution in [0.15, 0.2) is 0 Å². The first-order chi connectivity index (χ1) is 8.23. The number of carbonyl (C=O) groups excluding carboxylic acids is 1. The van der Waals surface area contributed by atoms with E-state index < -0.39 is 0 Å². The fraction of sp³-hybridized carbons (Fsp3) is 0.929. The van der Waals surface area contributed by atoms with E-state index in [2.05, 4.69) is 5.32 Å². The second-order valence-corrected chi connectivity index (χ2v) is 5.89. The molecule has 17 heavy (non-hydrogen) atoms. The van der Waals surface area contributed by atoms with Crippen LogP contribution in [-0.2, 0) is 4.79 Å². The number of hydrogen-bond acceptors (Lipinski definition) is 2. The quantitative estimate of drug-likeness (QED) is 0.698. The van der Waals surface area contributed by atoms with Crippen molar-refractivity contribution in [1.29, 1.82) is 0 Å². The average Bonchev–Trinajstić information content (AvgIpc) is 2.33. The topological polar surface area (TPSA) is 55.1 Å². The van der Waals surface area contributed by atoms with Crippen molar-refractivity contribution in [2.45, 2.75) is 70.3 Å². The lowest BCUT2D eigenvalue weighted by Crippen LogP contribution is -2.54. The zero-order chi connectivity index (χ0) is 12.1. The molecule has 1 unspecified atom stereocenters. The van der Waals surface area contributed by atoms with Crippen LogP contribution < -0.4 is 11.1 Å². The number of nitrogens with one attached hydrogen (secondary N) is 1. The van der Waals surface area contributed by atoms with Gasteiger partial charge in [0, 0.05) is 12.5 Å². The molecule has 0 heterocycles. The third-order valence-electron chi connectivity index (χ3n) is 4.76. The lowest BCUT2D eigenvalue weighted by Gasteiger charge is -2.52. The fourth-order valence-corrected chi connectivity index (χ4v) is 3.57. The van der Waals surface area contributed by atoms with E-state index in [1.807, 2.05) is 0 Å². The Labute approximate surface area is 105 Å². The number of primary amides is 1. The predicted octanol–water partition coefficient (Wildman–Crippen LogP) is 2.34. The molecule has 3 nitrogen and oxygen atoms in total. The summed E-state index contributed by atoms with van der Waals surface area (Å²) < 4.78 is 0. The first-order valence-corrected chi connectivity index (χ1v) is 7.25. The van der Waals surface area contributed by atoms with Gasteiger partial charge in [-0.15, -0.1) is 0 Å². The molecular weight excluding hydrogens is 212 g/mol. The minimum absolute atomic E-state index is 0.169. The molecule has 2 aliphatic carbocycles. The summed E-state index contributed by atoms with van der Waals surface area (Å²) in [7, 11) is 0. The fourth-order valence-electron chi connectivity index (χ4n) is 3.57. The summed E-state index contributed by atoms with van der Waals surface area (Å²) in [4.78, 5) is 10.6. The molecule has 1 spiro atoms. The van der Waals surface area contributed by atoms with Crippen LogP contribution in [0.3, 0.4) is 0 Å². The van der Waals surface area contributed by atoms with Gasteiger partial charge in [-0.25, -0.2) is 0 Å². The Morgan fingerprint density at radius 1 is 1.18 bits per heavy atom. The van der Waals surface area contributed by atoms with Crippen molar-refractivity contribution >= 4 is 5.91 Å². The molecule has 0 aromatic rings. The number of hydrogen-bond donors (Lipinski definition) is 2. The first-order valence-electron chi connectivity index (χ1n) is 7.25. The molecule has 3 heteroatoms. The SMILES string of the molecule is NC(=O)CCCCNC1CCC12CCCCC2. The molecule has 2 fully saturated rings. The van der Waals surface area contributed by atoms with Crippen molar-refractivity contribution in [2.24, 2.45) is 11.1 Å². The van der Waals surface area contributed by atoms with Gasteiger partial charge in [0.1, 0.15) is 0 Å². The van der Waals surface area contributed by atoms with Gasteiger partial charge in [0.25, 0.3) is 0 Å². The molecule has 2 aliphatic rings. The third-order valence-corrected chi connectivity index (χ3v) is 4.76. The van der Waals surface area contributed by atoms with Crippen LogP contribution in [0.4, 0.5) is 0 Å². The minimum Gasteiger partial charge on any atom is -0.370 e. The Morgan fingerprint density at radius 3 is 2.53 bits per heavy atom. The molecule has 1 atom stereocenters. The average molecular weight is 238 g/mol. The molecule has 98 valence electrons. The standard InChI is InChI=1S/C14H26N2O/c15-13(17)6-2-5-11-16-12-7-10-14(12)8-3-1-4-9-14/h12,16H,1-11H2,(H2,15,17). The zero-order valence-electron chi connectivity index (χ0n) is 10.8. The molecule has 0 aromatic carbocycles. The predicted molar refractivity (Wildman–Crippen MR) is 69.6 cm³/mol. The molecule has 3 N–H and O–H groups in total. The van der Waals surface area contributed by atoms with Gasteiger partial charge in [-0.1, -0.05) is 19.3 Å². The van der Waals surface area contributed by atoms with E-state index in [4.69, 9.17) is 5.73 Å². The van der Waals surface area contributed by atoms with Crippen LogP contribution in [0.25, 0.3) is 0 Å². The first kappa shape index (κ1) is 12.9. The van der Waals surface area contributed by atoms with Gasteiger partial charge in [0.05, 0.1) is 0 Å². The summed E-state index contributed by atoms with van der Waals surface area (Å²) in [6, 6.07) is 0.761. The largest absolute Gasteiger partial charge is 0.370 e. The molecule has 2 saturated carbocycles. The third kappa shape index (κ3) is 3.21. The zero-order valence-corrected chi connectivity index (χ0v) is 10.8. The highest BCUT2D eigenvalue weighted by atomic mass is 16.1. The summed E-state index contributed by atoms with van der Waals surface area (Å²) in [6.07, 6.45) is 12.5. The molecule has 0 bridgehead atoms. The van der Waals surface area contributed by atoms with Crippen molar-refractivity contribution in [3.8, 4) is 0 Å². The van der Waals surface area contributed by atoms with E-state index in [1.165, 1.54) is 44.9 Å². The van der Waals surface area contributed by atoms with E-state index in [1.54, 1.807) is 0 Å². The van der Waals surface area contributed by atoms with Gasteiger partial charge >= 0.3 is 0 Å². The van der Waals surface area contributed by atoms with Crippen LogP contribution >= 0.6 is 0 Å². The molecule has 0 aromatic heterocycles. The maximum atomic E-state index is 10.6.